The molecule has 2 rings (SSSR count). The van der Waals surface area contributed by atoms with Crippen LogP contribution in [0, 0.1) is 0 Å². The summed E-state index contributed by atoms with van der Waals surface area (Å²) in [6.07, 6.45) is 1.30. The lowest BCUT2D eigenvalue weighted by Crippen LogP contribution is -2.28. The van der Waals surface area contributed by atoms with Crippen LogP contribution in [0.15, 0.2) is 48.5 Å². The predicted molar refractivity (Wildman–Crippen MR) is 104 cm³/mol. The summed E-state index contributed by atoms with van der Waals surface area (Å²) in [5.41, 5.74) is 2.19. The molecule has 0 aromatic heterocycles. The maximum absolute atomic E-state index is 11.9. The maximum atomic E-state index is 11.9. The van der Waals surface area contributed by atoms with Gasteiger partial charge in [0, 0.05) is 24.2 Å². The summed E-state index contributed by atoms with van der Waals surface area (Å²) in [5.74, 6) is 0.150. The van der Waals surface area contributed by atoms with Crippen LogP contribution in [-0.2, 0) is 16.1 Å². The van der Waals surface area contributed by atoms with Crippen molar-refractivity contribution >= 4 is 23.3 Å². The van der Waals surface area contributed by atoms with Crippen molar-refractivity contribution in [1.29, 1.82) is 0 Å². The fraction of sp³-hybridized carbons (Fsp3) is 0.286. The minimum atomic E-state index is -0.261. The zero-order valence-corrected chi connectivity index (χ0v) is 15.6. The molecule has 6 nitrogen and oxygen atoms in total. The van der Waals surface area contributed by atoms with Crippen molar-refractivity contribution in [2.45, 2.75) is 33.2 Å². The Balaban J connectivity index is 1.77. The van der Waals surface area contributed by atoms with Gasteiger partial charge in [0.15, 0.2) is 12.4 Å². The van der Waals surface area contributed by atoms with Gasteiger partial charge in [-0.2, -0.15) is 0 Å². The van der Waals surface area contributed by atoms with Gasteiger partial charge in [0.2, 0.25) is 5.91 Å². The predicted octanol–water partition coefficient (Wildman–Crippen LogP) is 3.32. The van der Waals surface area contributed by atoms with Crippen LogP contribution in [0.5, 0.6) is 5.75 Å². The molecule has 0 saturated heterocycles. The van der Waals surface area contributed by atoms with E-state index in [-0.39, 0.29) is 24.2 Å². The number of amides is 2. The Labute approximate surface area is 158 Å². The number of anilines is 1. The number of Topliss-reactive ketones (excluding diaryl/α,β-unsaturated/α-hetero) is 1. The van der Waals surface area contributed by atoms with Gasteiger partial charge in [0.25, 0.3) is 5.91 Å². The van der Waals surface area contributed by atoms with Crippen LogP contribution in [0.1, 0.15) is 42.6 Å². The van der Waals surface area contributed by atoms with Gasteiger partial charge in [-0.05, 0) is 43.2 Å². The van der Waals surface area contributed by atoms with Gasteiger partial charge in [-0.3, -0.25) is 14.4 Å². The average molecular weight is 368 g/mol. The summed E-state index contributed by atoms with van der Waals surface area (Å²) in [7, 11) is 0. The molecule has 0 unspecified atom stereocenters. The zero-order valence-electron chi connectivity index (χ0n) is 15.6. The van der Waals surface area contributed by atoms with Gasteiger partial charge in [0.05, 0.1) is 0 Å². The summed E-state index contributed by atoms with van der Waals surface area (Å²) in [4.78, 5) is 34.8. The summed E-state index contributed by atoms with van der Waals surface area (Å²) in [6.45, 7) is 3.66. The Morgan fingerprint density at radius 3 is 2.41 bits per heavy atom. The molecule has 0 heterocycles. The first kappa shape index (κ1) is 20.2. The highest BCUT2D eigenvalue weighted by Crippen LogP contribution is 2.14. The molecule has 142 valence electrons. The smallest absolute Gasteiger partial charge is 0.258 e. The molecule has 0 radical (unpaired) electrons. The van der Waals surface area contributed by atoms with Crippen LogP contribution in [0.25, 0.3) is 0 Å². The van der Waals surface area contributed by atoms with Crippen molar-refractivity contribution in [2.24, 2.45) is 0 Å². The van der Waals surface area contributed by atoms with E-state index in [0.717, 1.165) is 17.7 Å². The molecule has 0 bridgehead atoms. The summed E-state index contributed by atoms with van der Waals surface area (Å²) < 4.78 is 5.42. The molecule has 0 aliphatic heterocycles. The van der Waals surface area contributed by atoms with E-state index < -0.39 is 0 Å². The number of ether oxygens (including phenoxy) is 1. The van der Waals surface area contributed by atoms with Crippen LogP contribution in [-0.4, -0.2) is 24.2 Å². The molecule has 0 fully saturated rings. The first-order valence-electron chi connectivity index (χ1n) is 8.87. The van der Waals surface area contributed by atoms with Crippen LogP contribution < -0.4 is 15.4 Å². The first-order valence-corrected chi connectivity index (χ1v) is 8.87. The number of nitrogens with one attached hydrogen (secondary N) is 2. The van der Waals surface area contributed by atoms with E-state index in [2.05, 4.69) is 10.6 Å². The molecule has 2 amide bonds. The number of hydrogen-bond donors (Lipinski definition) is 2. The fourth-order valence-electron chi connectivity index (χ4n) is 2.36. The van der Waals surface area contributed by atoms with E-state index in [1.807, 2.05) is 19.1 Å². The Hall–Kier alpha value is -3.15. The second-order valence-corrected chi connectivity index (χ2v) is 6.14. The largest absolute Gasteiger partial charge is 0.484 e. The Bertz CT molecular complexity index is 800. The highest BCUT2D eigenvalue weighted by molar-refractivity contribution is 5.94. The minimum Gasteiger partial charge on any atom is -0.484 e. The molecular weight excluding hydrogens is 344 g/mol. The van der Waals surface area contributed by atoms with Crippen LogP contribution >= 0.6 is 0 Å². The van der Waals surface area contributed by atoms with Crippen molar-refractivity contribution in [3.63, 3.8) is 0 Å². The minimum absolute atomic E-state index is 0.00968. The van der Waals surface area contributed by atoms with E-state index in [4.69, 9.17) is 4.74 Å². The molecule has 0 spiro atoms. The lowest BCUT2D eigenvalue weighted by molar-refractivity contribution is -0.123. The molecule has 2 aromatic carbocycles. The summed E-state index contributed by atoms with van der Waals surface area (Å²) >= 11 is 0. The summed E-state index contributed by atoms with van der Waals surface area (Å²) in [6, 6.07) is 14.0. The summed E-state index contributed by atoms with van der Waals surface area (Å²) in [5, 5.41) is 5.58. The number of ketones is 1. The monoisotopic (exact) mass is 368 g/mol. The molecule has 0 aliphatic carbocycles. The quantitative estimate of drug-likeness (QED) is 0.665. The molecule has 0 saturated carbocycles. The van der Waals surface area contributed by atoms with Crippen LogP contribution in [0.3, 0.4) is 0 Å². The van der Waals surface area contributed by atoms with Crippen molar-refractivity contribution in [3.8, 4) is 5.75 Å². The lowest BCUT2D eigenvalue weighted by Gasteiger charge is -2.09. The SMILES string of the molecule is CCCC(=O)Nc1ccc(CNC(=O)COc2cccc(C(C)=O)c2)cc1. The van der Waals surface area contributed by atoms with Gasteiger partial charge in [-0.15, -0.1) is 0 Å². The first-order chi connectivity index (χ1) is 13.0. The standard InChI is InChI=1S/C21H24N2O4/c1-3-5-20(25)23-18-10-8-16(9-11-18)13-22-21(26)14-27-19-7-4-6-17(12-19)15(2)24/h4,6-12H,3,5,13-14H2,1-2H3,(H,22,26)(H,23,25). The molecular formula is C21H24N2O4. The average Bonchev–Trinajstić information content (AvgIpc) is 2.66. The zero-order chi connectivity index (χ0) is 19.6. The molecule has 2 aromatic rings. The van der Waals surface area contributed by atoms with Crippen molar-refractivity contribution in [2.75, 3.05) is 11.9 Å². The third-order valence-corrected chi connectivity index (χ3v) is 3.81. The molecule has 0 atom stereocenters. The highest BCUT2D eigenvalue weighted by atomic mass is 16.5. The Morgan fingerprint density at radius 2 is 1.74 bits per heavy atom. The van der Waals surface area contributed by atoms with E-state index in [0.29, 0.717) is 24.3 Å². The lowest BCUT2D eigenvalue weighted by atomic mass is 10.1. The van der Waals surface area contributed by atoms with Crippen molar-refractivity contribution in [3.05, 3.63) is 59.7 Å². The number of carbonyl (C=O) groups is 3. The number of benzene rings is 2. The van der Waals surface area contributed by atoms with Crippen molar-refractivity contribution < 1.29 is 19.1 Å². The fourth-order valence-corrected chi connectivity index (χ4v) is 2.36. The van der Waals surface area contributed by atoms with Crippen LogP contribution in [0.2, 0.25) is 0 Å². The molecule has 27 heavy (non-hydrogen) atoms. The Kier molecular flexibility index (Phi) is 7.55. The van der Waals surface area contributed by atoms with E-state index in [1.165, 1.54) is 6.92 Å². The number of rotatable bonds is 9. The van der Waals surface area contributed by atoms with Crippen molar-refractivity contribution in [1.82, 2.24) is 5.32 Å². The molecule has 6 heteroatoms. The third kappa shape index (κ3) is 6.93. The topological polar surface area (TPSA) is 84.5 Å². The number of carbonyl (C=O) groups excluding carboxylic acids is 3. The van der Waals surface area contributed by atoms with Crippen LogP contribution in [0.4, 0.5) is 5.69 Å². The Morgan fingerprint density at radius 1 is 1.00 bits per heavy atom. The highest BCUT2D eigenvalue weighted by Gasteiger charge is 2.06. The normalized spacial score (nSPS) is 10.1. The maximum Gasteiger partial charge on any atom is 0.258 e. The van der Waals surface area contributed by atoms with Gasteiger partial charge in [0.1, 0.15) is 5.75 Å². The van der Waals surface area contributed by atoms with Gasteiger partial charge in [-0.1, -0.05) is 31.2 Å². The van der Waals surface area contributed by atoms with Gasteiger partial charge < -0.3 is 15.4 Å². The second-order valence-electron chi connectivity index (χ2n) is 6.14. The van der Waals surface area contributed by atoms with E-state index >= 15 is 0 Å². The molecule has 0 aliphatic rings. The van der Waals surface area contributed by atoms with E-state index in [9.17, 15) is 14.4 Å². The van der Waals surface area contributed by atoms with Gasteiger partial charge in [-0.25, -0.2) is 0 Å². The van der Waals surface area contributed by atoms with Gasteiger partial charge >= 0.3 is 0 Å². The van der Waals surface area contributed by atoms with E-state index in [1.54, 1.807) is 36.4 Å². The third-order valence-electron chi connectivity index (χ3n) is 3.81. The second kappa shape index (κ2) is 10.1. The number of hydrogen-bond acceptors (Lipinski definition) is 4. The molecule has 2 N–H and O–H groups in total.